The largest absolute Gasteiger partial charge is 0.481 e. The standard InChI is InChI=1S/C11H12N2O2/c12-9(6-11(14)15)7-1-2-10-8(5-7)3-4-13-10/h1-5,9,13H,6,12H2,(H,14,15). The molecule has 78 valence electrons. The van der Waals surface area contributed by atoms with Gasteiger partial charge >= 0.3 is 5.97 Å². The average Bonchev–Trinajstić information content (AvgIpc) is 2.62. The molecule has 0 saturated heterocycles. The fourth-order valence-corrected chi connectivity index (χ4v) is 1.61. The topological polar surface area (TPSA) is 79.1 Å². The lowest BCUT2D eigenvalue weighted by Gasteiger charge is -2.08. The second-order valence-electron chi connectivity index (χ2n) is 3.53. The number of aromatic nitrogens is 1. The molecule has 15 heavy (non-hydrogen) atoms. The number of hydrogen-bond acceptors (Lipinski definition) is 2. The SMILES string of the molecule is NC(CC(=O)O)c1ccc2[nH]ccc2c1. The van der Waals surface area contributed by atoms with Gasteiger partial charge in [0, 0.05) is 17.8 Å². The third-order valence-electron chi connectivity index (χ3n) is 2.40. The molecule has 0 aliphatic carbocycles. The van der Waals surface area contributed by atoms with Crippen molar-refractivity contribution in [1.29, 1.82) is 0 Å². The number of fused-ring (bicyclic) bond motifs is 1. The van der Waals surface area contributed by atoms with Crippen LogP contribution in [0.2, 0.25) is 0 Å². The maximum Gasteiger partial charge on any atom is 0.305 e. The number of nitrogens with two attached hydrogens (primary N) is 1. The Morgan fingerprint density at radius 1 is 1.47 bits per heavy atom. The molecule has 0 amide bonds. The van der Waals surface area contributed by atoms with Crippen LogP contribution in [0.1, 0.15) is 18.0 Å². The zero-order chi connectivity index (χ0) is 10.8. The molecule has 1 heterocycles. The van der Waals surface area contributed by atoms with E-state index in [4.69, 9.17) is 10.8 Å². The summed E-state index contributed by atoms with van der Waals surface area (Å²) in [6.45, 7) is 0. The fraction of sp³-hybridized carbons (Fsp3) is 0.182. The van der Waals surface area contributed by atoms with Gasteiger partial charge in [-0.3, -0.25) is 4.79 Å². The van der Waals surface area contributed by atoms with Gasteiger partial charge in [0.2, 0.25) is 0 Å². The molecule has 2 aromatic rings. The molecule has 2 rings (SSSR count). The number of nitrogens with one attached hydrogen (secondary N) is 1. The second-order valence-corrected chi connectivity index (χ2v) is 3.53. The summed E-state index contributed by atoms with van der Waals surface area (Å²) in [4.78, 5) is 13.6. The van der Waals surface area contributed by atoms with Crippen LogP contribution in [0, 0.1) is 0 Å². The molecule has 0 fully saturated rings. The molecule has 4 nitrogen and oxygen atoms in total. The van der Waals surface area contributed by atoms with Crippen LogP contribution in [0.4, 0.5) is 0 Å². The first kappa shape index (κ1) is 9.73. The Hall–Kier alpha value is -1.81. The highest BCUT2D eigenvalue weighted by Crippen LogP contribution is 2.20. The molecule has 0 spiro atoms. The number of aliphatic carboxylic acids is 1. The number of aromatic amines is 1. The van der Waals surface area contributed by atoms with Crippen molar-refractivity contribution in [2.24, 2.45) is 5.73 Å². The Kier molecular flexibility index (Phi) is 2.43. The summed E-state index contributed by atoms with van der Waals surface area (Å²) < 4.78 is 0. The number of carboxylic acid groups (broad SMARTS) is 1. The molecule has 4 N–H and O–H groups in total. The summed E-state index contributed by atoms with van der Waals surface area (Å²) >= 11 is 0. The van der Waals surface area contributed by atoms with Crippen molar-refractivity contribution in [2.75, 3.05) is 0 Å². The molecule has 1 aromatic carbocycles. The Labute approximate surface area is 86.7 Å². The van der Waals surface area contributed by atoms with E-state index in [0.29, 0.717) is 0 Å². The van der Waals surface area contributed by atoms with Gasteiger partial charge in [-0.2, -0.15) is 0 Å². The van der Waals surface area contributed by atoms with Crippen LogP contribution in [-0.4, -0.2) is 16.1 Å². The number of carbonyl (C=O) groups is 1. The summed E-state index contributed by atoms with van der Waals surface area (Å²) in [5.41, 5.74) is 7.65. The molecule has 1 atom stereocenters. The monoisotopic (exact) mass is 204 g/mol. The quantitative estimate of drug-likeness (QED) is 0.711. The summed E-state index contributed by atoms with van der Waals surface area (Å²) in [5, 5.41) is 9.68. The van der Waals surface area contributed by atoms with Crippen molar-refractivity contribution in [3.63, 3.8) is 0 Å². The molecule has 0 radical (unpaired) electrons. The smallest absolute Gasteiger partial charge is 0.305 e. The molecule has 0 aliphatic heterocycles. The van der Waals surface area contributed by atoms with Crippen LogP contribution in [-0.2, 0) is 4.79 Å². The van der Waals surface area contributed by atoms with Crippen molar-refractivity contribution < 1.29 is 9.90 Å². The Bertz CT molecular complexity index is 490. The first-order valence-electron chi connectivity index (χ1n) is 4.71. The summed E-state index contributed by atoms with van der Waals surface area (Å²) in [7, 11) is 0. The lowest BCUT2D eigenvalue weighted by atomic mass is 10.0. The van der Waals surface area contributed by atoms with E-state index in [9.17, 15) is 4.79 Å². The maximum atomic E-state index is 10.5. The van der Waals surface area contributed by atoms with E-state index in [2.05, 4.69) is 4.98 Å². The zero-order valence-electron chi connectivity index (χ0n) is 8.10. The van der Waals surface area contributed by atoms with E-state index < -0.39 is 12.0 Å². The lowest BCUT2D eigenvalue weighted by Crippen LogP contribution is -2.14. The normalized spacial score (nSPS) is 12.9. The fourth-order valence-electron chi connectivity index (χ4n) is 1.61. The van der Waals surface area contributed by atoms with Gasteiger partial charge in [0.15, 0.2) is 0 Å². The van der Waals surface area contributed by atoms with E-state index >= 15 is 0 Å². The van der Waals surface area contributed by atoms with Crippen molar-refractivity contribution in [3.8, 4) is 0 Å². The third-order valence-corrected chi connectivity index (χ3v) is 2.40. The van der Waals surface area contributed by atoms with Gasteiger partial charge in [-0.15, -0.1) is 0 Å². The molecule has 4 heteroatoms. The van der Waals surface area contributed by atoms with Gasteiger partial charge < -0.3 is 15.8 Å². The van der Waals surface area contributed by atoms with Crippen LogP contribution in [0.15, 0.2) is 30.5 Å². The molecule has 1 unspecified atom stereocenters. The molecule has 1 aromatic heterocycles. The number of carboxylic acids is 1. The molecule has 0 aliphatic rings. The van der Waals surface area contributed by atoms with Crippen molar-refractivity contribution in [2.45, 2.75) is 12.5 Å². The average molecular weight is 204 g/mol. The Morgan fingerprint density at radius 3 is 3.00 bits per heavy atom. The highest BCUT2D eigenvalue weighted by Gasteiger charge is 2.10. The Balaban J connectivity index is 2.30. The van der Waals surface area contributed by atoms with Crippen molar-refractivity contribution >= 4 is 16.9 Å². The maximum absolute atomic E-state index is 10.5. The zero-order valence-corrected chi connectivity index (χ0v) is 8.10. The van der Waals surface area contributed by atoms with Gasteiger partial charge in [0.1, 0.15) is 0 Å². The lowest BCUT2D eigenvalue weighted by molar-refractivity contribution is -0.137. The minimum absolute atomic E-state index is 0.0457. The van der Waals surface area contributed by atoms with Gasteiger partial charge in [0.05, 0.1) is 6.42 Å². The second kappa shape index (κ2) is 3.74. The van der Waals surface area contributed by atoms with E-state index in [-0.39, 0.29) is 6.42 Å². The first-order chi connectivity index (χ1) is 7.16. The van der Waals surface area contributed by atoms with Gasteiger partial charge in [0.25, 0.3) is 0 Å². The van der Waals surface area contributed by atoms with Gasteiger partial charge in [-0.1, -0.05) is 6.07 Å². The minimum atomic E-state index is -0.878. The van der Waals surface area contributed by atoms with Crippen LogP contribution in [0.3, 0.4) is 0 Å². The van der Waals surface area contributed by atoms with Gasteiger partial charge in [-0.25, -0.2) is 0 Å². The van der Waals surface area contributed by atoms with E-state index in [1.807, 2.05) is 30.5 Å². The van der Waals surface area contributed by atoms with Crippen LogP contribution in [0.25, 0.3) is 10.9 Å². The number of hydrogen-bond donors (Lipinski definition) is 3. The van der Waals surface area contributed by atoms with Crippen LogP contribution in [0.5, 0.6) is 0 Å². The third kappa shape index (κ3) is 1.99. The van der Waals surface area contributed by atoms with Crippen molar-refractivity contribution in [1.82, 2.24) is 4.98 Å². The van der Waals surface area contributed by atoms with E-state index in [1.54, 1.807) is 0 Å². The highest BCUT2D eigenvalue weighted by atomic mass is 16.4. The van der Waals surface area contributed by atoms with Crippen LogP contribution < -0.4 is 5.73 Å². The number of rotatable bonds is 3. The molecular weight excluding hydrogens is 192 g/mol. The van der Waals surface area contributed by atoms with Crippen molar-refractivity contribution in [3.05, 3.63) is 36.0 Å². The molecule has 0 saturated carbocycles. The number of benzene rings is 1. The van der Waals surface area contributed by atoms with E-state index in [0.717, 1.165) is 16.5 Å². The summed E-state index contributed by atoms with van der Waals surface area (Å²) in [5.74, 6) is -0.878. The number of H-pyrrole nitrogens is 1. The predicted molar refractivity (Wildman–Crippen MR) is 57.5 cm³/mol. The molecule has 0 bridgehead atoms. The van der Waals surface area contributed by atoms with Crippen LogP contribution >= 0.6 is 0 Å². The van der Waals surface area contributed by atoms with Gasteiger partial charge in [-0.05, 0) is 29.1 Å². The molecular formula is C11H12N2O2. The minimum Gasteiger partial charge on any atom is -0.481 e. The van der Waals surface area contributed by atoms with E-state index in [1.165, 1.54) is 0 Å². The summed E-state index contributed by atoms with van der Waals surface area (Å²) in [6, 6.07) is 7.17. The Morgan fingerprint density at radius 2 is 2.27 bits per heavy atom. The first-order valence-corrected chi connectivity index (χ1v) is 4.71. The highest BCUT2D eigenvalue weighted by molar-refractivity contribution is 5.80. The predicted octanol–water partition coefficient (Wildman–Crippen LogP) is 1.64. The summed E-state index contributed by atoms with van der Waals surface area (Å²) in [6.07, 6.45) is 1.80.